The molecule has 0 aromatic heterocycles. The quantitative estimate of drug-likeness (QED) is 0.895. The zero-order valence-corrected chi connectivity index (χ0v) is 12.2. The number of para-hydroxylation sites is 1. The Labute approximate surface area is 122 Å². The lowest BCUT2D eigenvalue weighted by Crippen LogP contribution is -2.38. The molecule has 1 saturated heterocycles. The minimum atomic E-state index is 0. The van der Waals surface area contributed by atoms with Gasteiger partial charge in [0.15, 0.2) is 0 Å². The fraction of sp³-hybridized carbons (Fsp3) is 0.625. The van der Waals surface area contributed by atoms with Gasteiger partial charge in [0.2, 0.25) is 0 Å². The van der Waals surface area contributed by atoms with Crippen molar-refractivity contribution in [2.24, 2.45) is 5.92 Å². The van der Waals surface area contributed by atoms with Crippen LogP contribution in [0.4, 0.5) is 5.69 Å². The number of hydrogen-bond donors (Lipinski definition) is 1. The van der Waals surface area contributed by atoms with Gasteiger partial charge in [-0.25, -0.2) is 0 Å². The molecule has 3 heteroatoms. The van der Waals surface area contributed by atoms with E-state index in [1.165, 1.54) is 57.5 Å². The van der Waals surface area contributed by atoms with Crippen LogP contribution in [0.15, 0.2) is 24.3 Å². The number of rotatable bonds is 2. The Balaban J connectivity index is 0.00000110. The van der Waals surface area contributed by atoms with Crippen LogP contribution in [0.2, 0.25) is 0 Å². The van der Waals surface area contributed by atoms with Crippen LogP contribution >= 0.6 is 12.4 Å². The summed E-state index contributed by atoms with van der Waals surface area (Å²) in [5.74, 6) is 0.848. The molecule has 0 amide bonds. The lowest BCUT2D eigenvalue weighted by Gasteiger charge is -2.29. The fourth-order valence-corrected chi connectivity index (χ4v) is 3.87. The van der Waals surface area contributed by atoms with E-state index < -0.39 is 0 Å². The number of benzene rings is 1. The van der Waals surface area contributed by atoms with E-state index in [9.17, 15) is 0 Å². The number of nitrogens with zero attached hydrogens (tertiary/aromatic N) is 1. The maximum Gasteiger partial charge on any atom is 0.0405 e. The van der Waals surface area contributed by atoms with Crippen LogP contribution in [0.3, 0.4) is 0 Å². The van der Waals surface area contributed by atoms with Gasteiger partial charge in [0, 0.05) is 24.2 Å². The lowest BCUT2D eigenvalue weighted by molar-refractivity contribution is 0.376. The van der Waals surface area contributed by atoms with Crippen molar-refractivity contribution in [3.63, 3.8) is 0 Å². The average molecular weight is 279 g/mol. The number of fused-ring (bicyclic) bond motifs is 2. The summed E-state index contributed by atoms with van der Waals surface area (Å²) in [4.78, 5) is 2.67. The molecule has 2 nitrogen and oxygen atoms in total. The second-order valence-corrected chi connectivity index (χ2v) is 6.39. The molecular formula is C16H23ClN2. The van der Waals surface area contributed by atoms with Crippen molar-refractivity contribution < 1.29 is 0 Å². The summed E-state index contributed by atoms with van der Waals surface area (Å²) < 4.78 is 0. The van der Waals surface area contributed by atoms with E-state index in [1.54, 1.807) is 5.56 Å². The molecule has 1 N–H and O–H groups in total. The third-order valence-electron chi connectivity index (χ3n) is 5.04. The second kappa shape index (κ2) is 4.99. The van der Waals surface area contributed by atoms with Gasteiger partial charge in [-0.15, -0.1) is 12.4 Å². The number of halogens is 1. The molecule has 2 heterocycles. The number of piperidine rings is 1. The van der Waals surface area contributed by atoms with E-state index in [1.807, 2.05) is 0 Å². The summed E-state index contributed by atoms with van der Waals surface area (Å²) >= 11 is 0. The second-order valence-electron chi connectivity index (χ2n) is 6.39. The fourth-order valence-electron chi connectivity index (χ4n) is 3.87. The highest BCUT2D eigenvalue weighted by Gasteiger charge is 2.51. The highest BCUT2D eigenvalue weighted by molar-refractivity contribution is 5.85. The van der Waals surface area contributed by atoms with Gasteiger partial charge in [-0.1, -0.05) is 18.2 Å². The van der Waals surface area contributed by atoms with Crippen LogP contribution in [0.1, 0.15) is 31.2 Å². The normalized spacial score (nSPS) is 26.9. The van der Waals surface area contributed by atoms with E-state index in [0.717, 1.165) is 5.92 Å². The highest BCUT2D eigenvalue weighted by atomic mass is 35.5. The molecule has 3 aliphatic rings. The first-order chi connectivity index (χ1) is 8.87. The number of anilines is 1. The molecule has 2 fully saturated rings. The van der Waals surface area contributed by atoms with Gasteiger partial charge in [-0.2, -0.15) is 0 Å². The molecule has 0 radical (unpaired) electrons. The van der Waals surface area contributed by atoms with Crippen LogP contribution in [-0.2, 0) is 5.41 Å². The molecule has 0 bridgehead atoms. The van der Waals surface area contributed by atoms with Gasteiger partial charge >= 0.3 is 0 Å². The van der Waals surface area contributed by atoms with Crippen LogP contribution in [0.25, 0.3) is 0 Å². The van der Waals surface area contributed by atoms with Gasteiger partial charge in [0.05, 0.1) is 0 Å². The summed E-state index contributed by atoms with van der Waals surface area (Å²) in [6.45, 7) is 4.97. The molecule has 2 aliphatic heterocycles. The molecule has 1 saturated carbocycles. The van der Waals surface area contributed by atoms with E-state index in [-0.39, 0.29) is 12.4 Å². The van der Waals surface area contributed by atoms with E-state index in [0.29, 0.717) is 5.41 Å². The van der Waals surface area contributed by atoms with Crippen molar-refractivity contribution in [1.29, 1.82) is 0 Å². The molecule has 19 heavy (non-hydrogen) atoms. The molecule has 4 rings (SSSR count). The first-order valence-electron chi connectivity index (χ1n) is 7.43. The van der Waals surface area contributed by atoms with Crippen LogP contribution in [0.5, 0.6) is 0 Å². The number of nitrogens with one attached hydrogen (secondary N) is 1. The SMILES string of the molecule is Cl.c1ccc2c(c1)N(CC1CCCNC1)CC21CC1. The summed E-state index contributed by atoms with van der Waals surface area (Å²) in [5.41, 5.74) is 3.72. The molecular weight excluding hydrogens is 256 g/mol. The molecule has 104 valence electrons. The molecule has 1 unspecified atom stereocenters. The van der Waals surface area contributed by atoms with Crippen molar-refractivity contribution >= 4 is 18.1 Å². The van der Waals surface area contributed by atoms with Crippen molar-refractivity contribution in [3.8, 4) is 0 Å². The van der Waals surface area contributed by atoms with Crippen LogP contribution < -0.4 is 10.2 Å². The highest BCUT2D eigenvalue weighted by Crippen LogP contribution is 2.56. The topological polar surface area (TPSA) is 15.3 Å². The van der Waals surface area contributed by atoms with E-state index in [4.69, 9.17) is 0 Å². The summed E-state index contributed by atoms with van der Waals surface area (Å²) in [5, 5.41) is 3.54. The minimum Gasteiger partial charge on any atom is -0.370 e. The van der Waals surface area contributed by atoms with Gasteiger partial charge in [-0.05, 0) is 56.3 Å². The average Bonchev–Trinajstić information content (AvgIpc) is 3.13. The maximum absolute atomic E-state index is 3.54. The largest absolute Gasteiger partial charge is 0.370 e. The molecule has 1 aliphatic carbocycles. The Kier molecular flexibility index (Phi) is 3.48. The summed E-state index contributed by atoms with van der Waals surface area (Å²) in [6, 6.07) is 9.11. The first kappa shape index (κ1) is 13.3. The van der Waals surface area contributed by atoms with Crippen molar-refractivity contribution in [2.45, 2.75) is 31.1 Å². The van der Waals surface area contributed by atoms with Gasteiger partial charge in [0.1, 0.15) is 0 Å². The smallest absolute Gasteiger partial charge is 0.0405 e. The lowest BCUT2D eigenvalue weighted by atomic mass is 9.99. The van der Waals surface area contributed by atoms with E-state index in [2.05, 4.69) is 34.5 Å². The minimum absolute atomic E-state index is 0. The molecule has 1 aromatic carbocycles. The zero-order valence-electron chi connectivity index (χ0n) is 11.4. The van der Waals surface area contributed by atoms with Crippen LogP contribution in [0, 0.1) is 5.92 Å². The molecule has 1 atom stereocenters. The Hall–Kier alpha value is -0.730. The van der Waals surface area contributed by atoms with Crippen molar-refractivity contribution in [2.75, 3.05) is 31.1 Å². The van der Waals surface area contributed by atoms with Crippen molar-refractivity contribution in [1.82, 2.24) is 5.32 Å². The third kappa shape index (κ3) is 2.25. The monoisotopic (exact) mass is 278 g/mol. The Morgan fingerprint density at radius 3 is 2.84 bits per heavy atom. The Bertz CT molecular complexity index is 450. The molecule has 1 spiro atoms. The maximum atomic E-state index is 3.54. The van der Waals surface area contributed by atoms with Gasteiger partial charge in [0.25, 0.3) is 0 Å². The number of hydrogen-bond acceptors (Lipinski definition) is 2. The van der Waals surface area contributed by atoms with Crippen LogP contribution in [-0.4, -0.2) is 26.2 Å². The standard InChI is InChI=1S/C16H22N2.ClH/c1-2-6-15-14(5-1)16(7-8-16)12-18(15)11-13-4-3-9-17-10-13;/h1-2,5-6,13,17H,3-4,7-12H2;1H. The van der Waals surface area contributed by atoms with E-state index >= 15 is 0 Å². The Morgan fingerprint density at radius 2 is 2.11 bits per heavy atom. The first-order valence-corrected chi connectivity index (χ1v) is 7.43. The Morgan fingerprint density at radius 1 is 1.26 bits per heavy atom. The predicted octanol–water partition coefficient (Wildman–Crippen LogP) is 2.96. The molecule has 1 aromatic rings. The predicted molar refractivity (Wildman–Crippen MR) is 82.4 cm³/mol. The third-order valence-corrected chi connectivity index (χ3v) is 5.04. The summed E-state index contributed by atoms with van der Waals surface area (Å²) in [6.07, 6.45) is 5.57. The van der Waals surface area contributed by atoms with Gasteiger partial charge in [-0.3, -0.25) is 0 Å². The van der Waals surface area contributed by atoms with Crippen molar-refractivity contribution in [3.05, 3.63) is 29.8 Å². The summed E-state index contributed by atoms with van der Waals surface area (Å²) in [7, 11) is 0. The van der Waals surface area contributed by atoms with Gasteiger partial charge < -0.3 is 10.2 Å². The zero-order chi connectivity index (χ0) is 12.0.